The molecule has 15 heavy (non-hydrogen) atoms. The molecule has 2 heteroatoms. The van der Waals surface area contributed by atoms with Crippen molar-refractivity contribution in [2.75, 3.05) is 13.7 Å². The summed E-state index contributed by atoms with van der Waals surface area (Å²) in [6, 6.07) is 8.22. The lowest BCUT2D eigenvalue weighted by Crippen LogP contribution is -2.06. The number of hydrogen-bond acceptors (Lipinski definition) is 2. The molecule has 2 N–H and O–H groups in total. The van der Waals surface area contributed by atoms with Crippen molar-refractivity contribution in [3.63, 3.8) is 0 Å². The molecular formula is C13H21NO. The number of benzene rings is 1. The van der Waals surface area contributed by atoms with Crippen LogP contribution in [0.5, 0.6) is 5.75 Å². The van der Waals surface area contributed by atoms with Crippen LogP contribution in [-0.2, 0) is 6.42 Å². The Labute approximate surface area is 92.4 Å². The summed E-state index contributed by atoms with van der Waals surface area (Å²) in [5.74, 6) is 1.69. The van der Waals surface area contributed by atoms with Gasteiger partial charge in [-0.1, -0.05) is 25.1 Å². The zero-order chi connectivity index (χ0) is 11.1. The highest BCUT2D eigenvalue weighted by molar-refractivity contribution is 5.33. The van der Waals surface area contributed by atoms with E-state index >= 15 is 0 Å². The Morgan fingerprint density at radius 2 is 2.00 bits per heavy atom. The molecule has 0 bridgehead atoms. The predicted molar refractivity (Wildman–Crippen MR) is 64.2 cm³/mol. The van der Waals surface area contributed by atoms with Gasteiger partial charge in [0, 0.05) is 0 Å². The fourth-order valence-electron chi connectivity index (χ4n) is 1.74. The number of hydrogen-bond donors (Lipinski definition) is 1. The maximum Gasteiger partial charge on any atom is 0.122 e. The van der Waals surface area contributed by atoms with Crippen LogP contribution < -0.4 is 10.5 Å². The lowest BCUT2D eigenvalue weighted by Gasteiger charge is -2.11. The van der Waals surface area contributed by atoms with E-state index in [1.807, 2.05) is 12.1 Å². The van der Waals surface area contributed by atoms with Gasteiger partial charge in [-0.15, -0.1) is 0 Å². The summed E-state index contributed by atoms with van der Waals surface area (Å²) in [5, 5.41) is 0. The van der Waals surface area contributed by atoms with Crippen molar-refractivity contribution in [3.8, 4) is 5.75 Å². The molecule has 0 aliphatic heterocycles. The first-order chi connectivity index (χ1) is 7.27. The Morgan fingerprint density at radius 1 is 1.27 bits per heavy atom. The van der Waals surface area contributed by atoms with E-state index in [0.29, 0.717) is 5.92 Å². The molecule has 1 aromatic rings. The van der Waals surface area contributed by atoms with Crippen molar-refractivity contribution in [1.82, 2.24) is 0 Å². The molecule has 0 aromatic heterocycles. The van der Waals surface area contributed by atoms with Crippen molar-refractivity contribution in [1.29, 1.82) is 0 Å². The van der Waals surface area contributed by atoms with Gasteiger partial charge in [-0.2, -0.15) is 0 Å². The van der Waals surface area contributed by atoms with E-state index in [1.165, 1.54) is 12.0 Å². The zero-order valence-electron chi connectivity index (χ0n) is 9.70. The first-order valence-corrected chi connectivity index (χ1v) is 5.60. The van der Waals surface area contributed by atoms with Gasteiger partial charge in [-0.25, -0.2) is 0 Å². The van der Waals surface area contributed by atoms with Crippen molar-refractivity contribution < 1.29 is 4.74 Å². The van der Waals surface area contributed by atoms with Gasteiger partial charge in [0.05, 0.1) is 7.11 Å². The first kappa shape index (κ1) is 12.1. The van der Waals surface area contributed by atoms with Crippen LogP contribution in [0.2, 0.25) is 0 Å². The average Bonchev–Trinajstić information content (AvgIpc) is 2.27. The van der Waals surface area contributed by atoms with E-state index in [0.717, 1.165) is 25.1 Å². The predicted octanol–water partition coefficient (Wildman–Crippen LogP) is 2.61. The minimum absolute atomic E-state index is 0.694. The molecule has 0 aliphatic carbocycles. The third-order valence-corrected chi connectivity index (χ3v) is 2.76. The summed E-state index contributed by atoms with van der Waals surface area (Å²) in [6.45, 7) is 3.04. The number of para-hydroxylation sites is 1. The van der Waals surface area contributed by atoms with Crippen LogP contribution in [0.15, 0.2) is 24.3 Å². The minimum Gasteiger partial charge on any atom is -0.496 e. The Hall–Kier alpha value is -1.02. The maximum absolute atomic E-state index is 5.53. The molecular weight excluding hydrogens is 186 g/mol. The van der Waals surface area contributed by atoms with E-state index < -0.39 is 0 Å². The normalized spacial score (nSPS) is 12.5. The van der Waals surface area contributed by atoms with Gasteiger partial charge >= 0.3 is 0 Å². The highest BCUT2D eigenvalue weighted by atomic mass is 16.5. The van der Waals surface area contributed by atoms with E-state index in [9.17, 15) is 0 Å². The highest BCUT2D eigenvalue weighted by Crippen LogP contribution is 2.21. The molecule has 2 nitrogen and oxygen atoms in total. The standard InChI is InChI=1S/C13H21NO/c1-11(9-10-14)7-8-12-5-3-4-6-13(12)15-2/h3-6,11H,7-10,14H2,1-2H3. The second-order valence-electron chi connectivity index (χ2n) is 4.03. The summed E-state index contributed by atoms with van der Waals surface area (Å²) in [6.07, 6.45) is 3.36. The van der Waals surface area contributed by atoms with Gasteiger partial charge in [-0.05, 0) is 43.4 Å². The lowest BCUT2D eigenvalue weighted by atomic mass is 9.98. The van der Waals surface area contributed by atoms with Gasteiger partial charge in [0.2, 0.25) is 0 Å². The molecule has 0 radical (unpaired) electrons. The molecule has 0 amide bonds. The van der Waals surface area contributed by atoms with Crippen LogP contribution in [0, 0.1) is 5.92 Å². The van der Waals surface area contributed by atoms with Gasteiger partial charge in [-0.3, -0.25) is 0 Å². The van der Waals surface area contributed by atoms with Crippen molar-refractivity contribution in [3.05, 3.63) is 29.8 Å². The van der Waals surface area contributed by atoms with Crippen LogP contribution in [-0.4, -0.2) is 13.7 Å². The van der Waals surface area contributed by atoms with Gasteiger partial charge < -0.3 is 10.5 Å². The molecule has 1 rings (SSSR count). The smallest absolute Gasteiger partial charge is 0.122 e. The average molecular weight is 207 g/mol. The summed E-state index contributed by atoms with van der Waals surface area (Å²) in [7, 11) is 1.72. The topological polar surface area (TPSA) is 35.2 Å². The molecule has 0 saturated carbocycles. The molecule has 0 fully saturated rings. The quantitative estimate of drug-likeness (QED) is 0.778. The van der Waals surface area contributed by atoms with E-state index in [2.05, 4.69) is 19.1 Å². The first-order valence-electron chi connectivity index (χ1n) is 5.60. The monoisotopic (exact) mass is 207 g/mol. The van der Waals surface area contributed by atoms with Crippen LogP contribution in [0.3, 0.4) is 0 Å². The summed E-state index contributed by atoms with van der Waals surface area (Å²) in [4.78, 5) is 0. The van der Waals surface area contributed by atoms with Gasteiger partial charge in [0.15, 0.2) is 0 Å². The zero-order valence-corrected chi connectivity index (χ0v) is 9.70. The third kappa shape index (κ3) is 3.92. The highest BCUT2D eigenvalue weighted by Gasteiger charge is 2.05. The number of rotatable bonds is 6. The third-order valence-electron chi connectivity index (χ3n) is 2.76. The largest absolute Gasteiger partial charge is 0.496 e. The number of aryl methyl sites for hydroxylation is 1. The van der Waals surface area contributed by atoms with Crippen LogP contribution >= 0.6 is 0 Å². The summed E-state index contributed by atoms with van der Waals surface area (Å²) < 4.78 is 5.31. The SMILES string of the molecule is COc1ccccc1CCC(C)CCN. The molecule has 0 heterocycles. The fourth-order valence-corrected chi connectivity index (χ4v) is 1.74. The summed E-state index contributed by atoms with van der Waals surface area (Å²) >= 11 is 0. The molecule has 0 aliphatic rings. The molecule has 84 valence electrons. The molecule has 0 spiro atoms. The lowest BCUT2D eigenvalue weighted by molar-refractivity contribution is 0.406. The molecule has 1 aromatic carbocycles. The van der Waals surface area contributed by atoms with Crippen LogP contribution in [0.25, 0.3) is 0 Å². The minimum atomic E-state index is 0.694. The Kier molecular flexibility index (Phi) is 5.19. The maximum atomic E-state index is 5.53. The second-order valence-corrected chi connectivity index (χ2v) is 4.03. The molecule has 1 atom stereocenters. The Morgan fingerprint density at radius 3 is 2.67 bits per heavy atom. The fraction of sp³-hybridized carbons (Fsp3) is 0.538. The number of nitrogens with two attached hydrogens (primary N) is 1. The number of ether oxygens (including phenoxy) is 1. The van der Waals surface area contributed by atoms with E-state index in [4.69, 9.17) is 10.5 Å². The summed E-state index contributed by atoms with van der Waals surface area (Å²) in [5.41, 5.74) is 6.83. The van der Waals surface area contributed by atoms with Crippen molar-refractivity contribution in [2.24, 2.45) is 11.7 Å². The van der Waals surface area contributed by atoms with Gasteiger partial charge in [0.25, 0.3) is 0 Å². The van der Waals surface area contributed by atoms with Crippen molar-refractivity contribution >= 4 is 0 Å². The van der Waals surface area contributed by atoms with E-state index in [-0.39, 0.29) is 0 Å². The second kappa shape index (κ2) is 6.46. The molecule has 0 saturated heterocycles. The van der Waals surface area contributed by atoms with Gasteiger partial charge in [0.1, 0.15) is 5.75 Å². The van der Waals surface area contributed by atoms with E-state index in [1.54, 1.807) is 7.11 Å². The van der Waals surface area contributed by atoms with Crippen LogP contribution in [0.1, 0.15) is 25.3 Å². The van der Waals surface area contributed by atoms with Crippen LogP contribution in [0.4, 0.5) is 0 Å². The Balaban J connectivity index is 2.49. The Bertz CT molecular complexity index is 286. The number of methoxy groups -OCH3 is 1. The van der Waals surface area contributed by atoms with Crippen molar-refractivity contribution in [2.45, 2.75) is 26.2 Å². The molecule has 1 unspecified atom stereocenters.